The molecule has 1 aromatic carbocycles. The first-order chi connectivity index (χ1) is 13.1. The zero-order chi connectivity index (χ0) is 19.2. The number of amides is 1. The highest BCUT2D eigenvalue weighted by Gasteiger charge is 2.14. The number of hydrogen-bond acceptors (Lipinski definition) is 5. The van der Waals surface area contributed by atoms with Gasteiger partial charge in [-0.25, -0.2) is 4.98 Å². The maximum Gasteiger partial charge on any atom is 0.272 e. The van der Waals surface area contributed by atoms with Crippen molar-refractivity contribution in [1.29, 1.82) is 0 Å². The van der Waals surface area contributed by atoms with Crippen molar-refractivity contribution < 1.29 is 4.79 Å². The monoisotopic (exact) mass is 421 g/mol. The van der Waals surface area contributed by atoms with Crippen LogP contribution in [0.1, 0.15) is 25.3 Å². The summed E-state index contributed by atoms with van der Waals surface area (Å²) in [7, 11) is 0. The SMILES string of the molecule is CCCCn1c(SCC(=O)NCc2ccccc2Cl)nc2ccsc2c1=O. The van der Waals surface area contributed by atoms with Gasteiger partial charge >= 0.3 is 0 Å². The molecular formula is C19H20ClN3O2S2. The van der Waals surface area contributed by atoms with Gasteiger partial charge < -0.3 is 5.32 Å². The molecule has 0 aliphatic rings. The minimum atomic E-state index is -0.123. The van der Waals surface area contributed by atoms with Crippen LogP contribution in [0.5, 0.6) is 0 Å². The molecule has 3 aromatic rings. The van der Waals surface area contributed by atoms with Gasteiger partial charge in [0.1, 0.15) is 4.70 Å². The van der Waals surface area contributed by atoms with Crippen molar-refractivity contribution >= 4 is 50.8 Å². The number of thiophene rings is 1. The number of benzene rings is 1. The van der Waals surface area contributed by atoms with Crippen LogP contribution in [0.4, 0.5) is 0 Å². The van der Waals surface area contributed by atoms with Crippen LogP contribution in [-0.2, 0) is 17.9 Å². The predicted octanol–water partition coefficient (Wildman–Crippen LogP) is 4.32. The Labute approximate surface area is 170 Å². The Kier molecular flexibility index (Phi) is 6.93. The minimum absolute atomic E-state index is 0.0255. The third-order valence-electron chi connectivity index (χ3n) is 4.03. The van der Waals surface area contributed by atoms with E-state index in [1.807, 2.05) is 29.6 Å². The van der Waals surface area contributed by atoms with E-state index in [2.05, 4.69) is 17.2 Å². The van der Waals surface area contributed by atoms with E-state index in [-0.39, 0.29) is 17.2 Å². The Hall–Kier alpha value is -1.83. The average molecular weight is 422 g/mol. The molecule has 3 rings (SSSR count). The quantitative estimate of drug-likeness (QED) is 0.434. The lowest BCUT2D eigenvalue weighted by Crippen LogP contribution is -2.26. The summed E-state index contributed by atoms with van der Waals surface area (Å²) in [5.41, 5.74) is 1.54. The Morgan fingerprint density at radius 1 is 1.33 bits per heavy atom. The third kappa shape index (κ3) is 4.91. The van der Waals surface area contributed by atoms with Crippen molar-refractivity contribution in [1.82, 2.24) is 14.9 Å². The fraction of sp³-hybridized carbons (Fsp3) is 0.316. The van der Waals surface area contributed by atoms with Gasteiger partial charge in [0.05, 0.1) is 11.3 Å². The van der Waals surface area contributed by atoms with Gasteiger partial charge in [-0.05, 0) is 29.5 Å². The highest BCUT2D eigenvalue weighted by Crippen LogP contribution is 2.21. The number of nitrogens with zero attached hydrogens (tertiary/aromatic N) is 2. The summed E-state index contributed by atoms with van der Waals surface area (Å²) in [6.45, 7) is 3.07. The van der Waals surface area contributed by atoms with Gasteiger partial charge in [-0.2, -0.15) is 0 Å². The van der Waals surface area contributed by atoms with E-state index in [1.165, 1.54) is 23.1 Å². The van der Waals surface area contributed by atoms with E-state index in [1.54, 1.807) is 10.6 Å². The molecule has 0 aliphatic carbocycles. The highest BCUT2D eigenvalue weighted by atomic mass is 35.5. The first-order valence-electron chi connectivity index (χ1n) is 8.71. The Bertz CT molecular complexity index is 1000. The molecule has 0 aliphatic heterocycles. The fourth-order valence-corrected chi connectivity index (χ4v) is 4.40. The molecular weight excluding hydrogens is 402 g/mol. The molecule has 0 spiro atoms. The van der Waals surface area contributed by atoms with E-state index in [9.17, 15) is 9.59 Å². The molecule has 0 radical (unpaired) electrons. The molecule has 5 nitrogen and oxygen atoms in total. The normalized spacial score (nSPS) is 11.0. The first kappa shape index (κ1) is 19.9. The maximum absolute atomic E-state index is 12.7. The summed E-state index contributed by atoms with van der Waals surface area (Å²) in [5.74, 6) is 0.0696. The summed E-state index contributed by atoms with van der Waals surface area (Å²) in [6, 6.07) is 9.25. The van der Waals surface area contributed by atoms with Gasteiger partial charge in [-0.1, -0.05) is 54.9 Å². The van der Waals surface area contributed by atoms with Gasteiger partial charge in [0.25, 0.3) is 5.56 Å². The molecule has 0 bridgehead atoms. The number of thioether (sulfide) groups is 1. The first-order valence-corrected chi connectivity index (χ1v) is 11.0. The molecule has 0 saturated heterocycles. The topological polar surface area (TPSA) is 64.0 Å². The predicted molar refractivity (Wildman–Crippen MR) is 113 cm³/mol. The van der Waals surface area contributed by atoms with Crippen LogP contribution in [0, 0.1) is 0 Å². The van der Waals surface area contributed by atoms with Crippen LogP contribution in [0.25, 0.3) is 10.2 Å². The van der Waals surface area contributed by atoms with E-state index < -0.39 is 0 Å². The van der Waals surface area contributed by atoms with Crippen LogP contribution in [-0.4, -0.2) is 21.2 Å². The molecule has 1 amide bonds. The van der Waals surface area contributed by atoms with Crippen LogP contribution < -0.4 is 10.9 Å². The number of nitrogens with one attached hydrogen (secondary N) is 1. The molecule has 8 heteroatoms. The lowest BCUT2D eigenvalue weighted by molar-refractivity contribution is -0.118. The van der Waals surface area contributed by atoms with Crippen LogP contribution in [0.3, 0.4) is 0 Å². The number of halogens is 1. The molecule has 0 unspecified atom stereocenters. The molecule has 142 valence electrons. The van der Waals surface area contributed by atoms with E-state index in [0.717, 1.165) is 18.4 Å². The zero-order valence-electron chi connectivity index (χ0n) is 14.9. The van der Waals surface area contributed by atoms with E-state index in [4.69, 9.17) is 11.6 Å². The summed E-state index contributed by atoms with van der Waals surface area (Å²) in [4.78, 5) is 29.5. The average Bonchev–Trinajstić information content (AvgIpc) is 3.14. The number of rotatable bonds is 8. The van der Waals surface area contributed by atoms with Gasteiger partial charge in [0.15, 0.2) is 5.16 Å². The molecule has 0 fully saturated rings. The van der Waals surface area contributed by atoms with Gasteiger partial charge in [0.2, 0.25) is 5.91 Å². The Balaban J connectivity index is 1.69. The van der Waals surface area contributed by atoms with Crippen molar-refractivity contribution in [2.75, 3.05) is 5.75 Å². The number of hydrogen-bond donors (Lipinski definition) is 1. The number of aromatic nitrogens is 2. The number of carbonyl (C=O) groups excluding carboxylic acids is 1. The van der Waals surface area contributed by atoms with E-state index >= 15 is 0 Å². The molecule has 0 saturated carbocycles. The highest BCUT2D eigenvalue weighted by molar-refractivity contribution is 7.99. The molecule has 2 aromatic heterocycles. The lowest BCUT2D eigenvalue weighted by atomic mass is 10.2. The summed E-state index contributed by atoms with van der Waals surface area (Å²) < 4.78 is 2.35. The second-order valence-electron chi connectivity index (χ2n) is 6.00. The fourth-order valence-electron chi connectivity index (χ4n) is 2.56. The van der Waals surface area contributed by atoms with Crippen molar-refractivity contribution in [2.45, 2.75) is 38.0 Å². The third-order valence-corrected chi connectivity index (χ3v) is 6.27. The molecule has 27 heavy (non-hydrogen) atoms. The molecule has 0 atom stereocenters. The summed E-state index contributed by atoms with van der Waals surface area (Å²) >= 11 is 8.80. The largest absolute Gasteiger partial charge is 0.351 e. The zero-order valence-corrected chi connectivity index (χ0v) is 17.3. The maximum atomic E-state index is 12.7. The van der Waals surface area contributed by atoms with Crippen LogP contribution >= 0.6 is 34.7 Å². The second-order valence-corrected chi connectivity index (χ2v) is 8.26. The smallest absolute Gasteiger partial charge is 0.272 e. The lowest BCUT2D eigenvalue weighted by Gasteiger charge is -2.11. The second kappa shape index (κ2) is 9.39. The Morgan fingerprint density at radius 3 is 2.93 bits per heavy atom. The van der Waals surface area contributed by atoms with Gasteiger partial charge in [-0.3, -0.25) is 14.2 Å². The van der Waals surface area contributed by atoms with Crippen molar-refractivity contribution in [2.24, 2.45) is 0 Å². The number of carbonyl (C=O) groups is 1. The standard InChI is InChI=1S/C19H20ClN3O2S2/c1-2-3-9-23-18(25)17-15(8-10-26-17)22-19(23)27-12-16(24)21-11-13-6-4-5-7-14(13)20/h4-8,10H,2-3,9,11-12H2,1H3,(H,21,24). The van der Waals surface area contributed by atoms with E-state index in [0.29, 0.717) is 33.5 Å². The van der Waals surface area contributed by atoms with Gasteiger partial charge in [-0.15, -0.1) is 11.3 Å². The Morgan fingerprint density at radius 2 is 2.15 bits per heavy atom. The van der Waals surface area contributed by atoms with Crippen molar-refractivity contribution in [3.8, 4) is 0 Å². The van der Waals surface area contributed by atoms with Crippen LogP contribution in [0.15, 0.2) is 45.7 Å². The number of fused-ring (bicyclic) bond motifs is 1. The number of unbranched alkanes of at least 4 members (excludes halogenated alkanes) is 1. The summed E-state index contributed by atoms with van der Waals surface area (Å²) in [5, 5.41) is 5.95. The van der Waals surface area contributed by atoms with Crippen LogP contribution in [0.2, 0.25) is 5.02 Å². The van der Waals surface area contributed by atoms with Crippen molar-refractivity contribution in [3.63, 3.8) is 0 Å². The minimum Gasteiger partial charge on any atom is -0.351 e. The molecule has 2 heterocycles. The molecule has 1 N–H and O–H groups in total. The summed E-state index contributed by atoms with van der Waals surface area (Å²) in [6.07, 6.45) is 1.88. The van der Waals surface area contributed by atoms with Crippen molar-refractivity contribution in [3.05, 3.63) is 56.7 Å². The van der Waals surface area contributed by atoms with Gasteiger partial charge in [0, 0.05) is 18.1 Å².